The second kappa shape index (κ2) is 7.65. The van der Waals surface area contributed by atoms with Crippen molar-refractivity contribution in [3.05, 3.63) is 18.2 Å². The third-order valence-electron chi connectivity index (χ3n) is 3.78. The molecule has 1 unspecified atom stereocenters. The molecule has 19 heavy (non-hydrogen) atoms. The van der Waals surface area contributed by atoms with E-state index in [2.05, 4.69) is 28.7 Å². The van der Waals surface area contributed by atoms with Crippen molar-refractivity contribution in [1.29, 1.82) is 0 Å². The summed E-state index contributed by atoms with van der Waals surface area (Å²) in [5, 5.41) is 3.47. The van der Waals surface area contributed by atoms with Crippen LogP contribution in [0.5, 0.6) is 0 Å². The van der Waals surface area contributed by atoms with Crippen molar-refractivity contribution >= 4 is 0 Å². The molecule has 0 aliphatic carbocycles. The number of rotatable bonds is 7. The van der Waals surface area contributed by atoms with Crippen LogP contribution in [0.25, 0.3) is 0 Å². The maximum atomic E-state index is 5.70. The average molecular weight is 265 g/mol. The first-order valence-corrected chi connectivity index (χ1v) is 7.56. The molecule has 1 fully saturated rings. The van der Waals surface area contributed by atoms with Crippen molar-refractivity contribution < 1.29 is 4.74 Å². The number of imidazole rings is 1. The second-order valence-corrected chi connectivity index (χ2v) is 5.85. The lowest BCUT2D eigenvalue weighted by Gasteiger charge is -2.23. The largest absolute Gasteiger partial charge is 0.380 e. The van der Waals surface area contributed by atoms with Crippen molar-refractivity contribution in [3.63, 3.8) is 0 Å². The summed E-state index contributed by atoms with van der Waals surface area (Å²) in [5.74, 6) is 1.34. The highest BCUT2D eigenvalue weighted by Crippen LogP contribution is 2.22. The summed E-state index contributed by atoms with van der Waals surface area (Å²) in [6.07, 6.45) is 7.64. The van der Waals surface area contributed by atoms with Crippen molar-refractivity contribution in [1.82, 2.24) is 14.9 Å². The molecule has 2 heterocycles. The van der Waals surface area contributed by atoms with Crippen LogP contribution in [-0.2, 0) is 11.3 Å². The summed E-state index contributed by atoms with van der Waals surface area (Å²) in [5.41, 5.74) is 1.36. The lowest BCUT2D eigenvalue weighted by Crippen LogP contribution is -2.29. The van der Waals surface area contributed by atoms with E-state index in [-0.39, 0.29) is 0 Å². The van der Waals surface area contributed by atoms with E-state index in [9.17, 15) is 0 Å². The van der Waals surface area contributed by atoms with Crippen LogP contribution < -0.4 is 5.32 Å². The third-order valence-corrected chi connectivity index (χ3v) is 3.78. The summed E-state index contributed by atoms with van der Waals surface area (Å²) in [6.45, 7) is 9.27. The second-order valence-electron chi connectivity index (χ2n) is 5.85. The van der Waals surface area contributed by atoms with Crippen LogP contribution in [0.4, 0.5) is 0 Å². The van der Waals surface area contributed by atoms with Crippen LogP contribution in [-0.4, -0.2) is 35.9 Å². The van der Waals surface area contributed by atoms with Gasteiger partial charge in [-0.1, -0.05) is 13.8 Å². The highest BCUT2D eigenvalue weighted by atomic mass is 16.5. The van der Waals surface area contributed by atoms with Gasteiger partial charge in [0.1, 0.15) is 0 Å². The normalized spacial score (nSPS) is 20.1. The molecule has 1 aromatic rings. The zero-order valence-electron chi connectivity index (χ0n) is 12.3. The number of piperidine rings is 1. The van der Waals surface area contributed by atoms with E-state index in [1.807, 2.05) is 12.5 Å². The molecule has 0 saturated carbocycles. The van der Waals surface area contributed by atoms with Gasteiger partial charge in [0.2, 0.25) is 0 Å². The summed E-state index contributed by atoms with van der Waals surface area (Å²) in [6, 6.07) is 0. The Labute approximate surface area is 116 Å². The van der Waals surface area contributed by atoms with Crippen molar-refractivity contribution in [2.24, 2.45) is 5.92 Å². The maximum absolute atomic E-state index is 5.70. The molecule has 4 nitrogen and oxygen atoms in total. The Kier molecular flexibility index (Phi) is 5.86. The summed E-state index contributed by atoms with van der Waals surface area (Å²) in [7, 11) is 0. The fourth-order valence-corrected chi connectivity index (χ4v) is 2.55. The molecule has 1 aliphatic heterocycles. The van der Waals surface area contributed by atoms with Gasteiger partial charge in [-0.2, -0.15) is 0 Å². The summed E-state index contributed by atoms with van der Waals surface area (Å²) in [4.78, 5) is 4.30. The molecule has 0 spiro atoms. The predicted octanol–water partition coefficient (Wildman–Crippen LogP) is 2.41. The van der Waals surface area contributed by atoms with Gasteiger partial charge in [0.25, 0.3) is 0 Å². The Morgan fingerprint density at radius 2 is 2.37 bits per heavy atom. The van der Waals surface area contributed by atoms with E-state index in [0.717, 1.165) is 45.2 Å². The van der Waals surface area contributed by atoms with Crippen LogP contribution in [0.15, 0.2) is 12.5 Å². The first kappa shape index (κ1) is 14.5. The molecule has 1 atom stereocenters. The van der Waals surface area contributed by atoms with Gasteiger partial charge in [-0.3, -0.25) is 0 Å². The SMILES string of the molecule is CC(C)CCOCCn1cncc1C1CCCNC1. The topological polar surface area (TPSA) is 39.1 Å². The minimum atomic E-state index is 0.618. The monoisotopic (exact) mass is 265 g/mol. The Morgan fingerprint density at radius 1 is 1.47 bits per heavy atom. The van der Waals surface area contributed by atoms with Gasteiger partial charge < -0.3 is 14.6 Å². The zero-order chi connectivity index (χ0) is 13.5. The standard InChI is InChI=1S/C15H27N3O/c1-13(2)5-8-19-9-7-18-12-17-11-15(18)14-4-3-6-16-10-14/h11-14,16H,3-10H2,1-2H3. The van der Waals surface area contributed by atoms with Crippen molar-refractivity contribution in [2.45, 2.75) is 45.6 Å². The Bertz CT molecular complexity index is 356. The maximum Gasteiger partial charge on any atom is 0.0949 e. The molecule has 0 amide bonds. The number of ether oxygens (including phenoxy) is 1. The first-order valence-electron chi connectivity index (χ1n) is 7.56. The molecule has 1 saturated heterocycles. The number of hydrogen-bond donors (Lipinski definition) is 1. The van der Waals surface area contributed by atoms with E-state index < -0.39 is 0 Å². The molecule has 1 aliphatic rings. The van der Waals surface area contributed by atoms with E-state index in [1.54, 1.807) is 0 Å². The van der Waals surface area contributed by atoms with Gasteiger partial charge in [-0.05, 0) is 31.7 Å². The molecule has 1 aromatic heterocycles. The minimum absolute atomic E-state index is 0.618. The number of nitrogens with one attached hydrogen (secondary N) is 1. The molecule has 108 valence electrons. The highest BCUT2D eigenvalue weighted by molar-refractivity contribution is 5.08. The van der Waals surface area contributed by atoms with Crippen LogP contribution >= 0.6 is 0 Å². The molecule has 1 N–H and O–H groups in total. The highest BCUT2D eigenvalue weighted by Gasteiger charge is 2.18. The number of aromatic nitrogens is 2. The molecule has 2 rings (SSSR count). The van der Waals surface area contributed by atoms with Crippen LogP contribution in [0.2, 0.25) is 0 Å². The number of nitrogens with zero attached hydrogens (tertiary/aromatic N) is 2. The molecule has 0 radical (unpaired) electrons. The molecule has 0 aromatic carbocycles. The van der Waals surface area contributed by atoms with E-state index in [4.69, 9.17) is 4.74 Å². The number of hydrogen-bond acceptors (Lipinski definition) is 3. The average Bonchev–Trinajstić information content (AvgIpc) is 2.87. The predicted molar refractivity (Wildman–Crippen MR) is 77.3 cm³/mol. The Balaban J connectivity index is 1.76. The lowest BCUT2D eigenvalue weighted by molar-refractivity contribution is 0.115. The molecular formula is C15H27N3O. The van der Waals surface area contributed by atoms with E-state index in [0.29, 0.717) is 5.92 Å². The summed E-state index contributed by atoms with van der Waals surface area (Å²) < 4.78 is 7.95. The van der Waals surface area contributed by atoms with E-state index in [1.165, 1.54) is 18.5 Å². The quantitative estimate of drug-likeness (QED) is 0.770. The third kappa shape index (κ3) is 4.62. The van der Waals surface area contributed by atoms with Crippen molar-refractivity contribution in [2.75, 3.05) is 26.3 Å². The lowest BCUT2D eigenvalue weighted by atomic mass is 9.96. The Hall–Kier alpha value is -0.870. The van der Waals surface area contributed by atoms with Gasteiger partial charge in [0.05, 0.1) is 12.9 Å². The van der Waals surface area contributed by atoms with Crippen LogP contribution in [0.3, 0.4) is 0 Å². The van der Waals surface area contributed by atoms with Gasteiger partial charge in [-0.25, -0.2) is 4.98 Å². The molecular weight excluding hydrogens is 238 g/mol. The fraction of sp³-hybridized carbons (Fsp3) is 0.800. The smallest absolute Gasteiger partial charge is 0.0949 e. The van der Waals surface area contributed by atoms with Crippen LogP contribution in [0, 0.1) is 5.92 Å². The van der Waals surface area contributed by atoms with Crippen LogP contribution in [0.1, 0.15) is 44.7 Å². The minimum Gasteiger partial charge on any atom is -0.380 e. The molecule has 4 heteroatoms. The van der Waals surface area contributed by atoms with Gasteiger partial charge in [-0.15, -0.1) is 0 Å². The van der Waals surface area contributed by atoms with E-state index >= 15 is 0 Å². The Morgan fingerprint density at radius 3 is 3.11 bits per heavy atom. The van der Waals surface area contributed by atoms with Gasteiger partial charge in [0.15, 0.2) is 0 Å². The molecule has 0 bridgehead atoms. The van der Waals surface area contributed by atoms with Gasteiger partial charge >= 0.3 is 0 Å². The van der Waals surface area contributed by atoms with Crippen molar-refractivity contribution in [3.8, 4) is 0 Å². The van der Waals surface area contributed by atoms with Gasteiger partial charge in [0, 0.05) is 37.5 Å². The first-order chi connectivity index (χ1) is 9.27. The summed E-state index contributed by atoms with van der Waals surface area (Å²) >= 11 is 0. The zero-order valence-corrected chi connectivity index (χ0v) is 12.3. The fourth-order valence-electron chi connectivity index (χ4n) is 2.55.